The van der Waals surface area contributed by atoms with Gasteiger partial charge in [0, 0.05) is 21.7 Å². The number of hydrogen-bond donors (Lipinski definition) is 2. The van der Waals surface area contributed by atoms with E-state index in [-0.39, 0.29) is 6.04 Å². The summed E-state index contributed by atoms with van der Waals surface area (Å²) in [5, 5.41) is 0.816. The van der Waals surface area contributed by atoms with Gasteiger partial charge in [-0.1, -0.05) is 41.9 Å². The van der Waals surface area contributed by atoms with Gasteiger partial charge in [-0.15, -0.1) is 11.8 Å². The molecule has 2 nitrogen and oxygen atoms in total. The van der Waals surface area contributed by atoms with Crippen LogP contribution in [-0.2, 0) is 6.42 Å². The van der Waals surface area contributed by atoms with Crippen molar-refractivity contribution in [3.8, 4) is 0 Å². The van der Waals surface area contributed by atoms with E-state index in [0.29, 0.717) is 0 Å². The van der Waals surface area contributed by atoms with E-state index in [1.807, 2.05) is 24.8 Å². The van der Waals surface area contributed by atoms with Crippen LogP contribution in [0.3, 0.4) is 0 Å². The van der Waals surface area contributed by atoms with Crippen LogP contribution in [0.5, 0.6) is 0 Å². The maximum absolute atomic E-state index is 6.30. The van der Waals surface area contributed by atoms with E-state index in [4.69, 9.17) is 17.4 Å². The van der Waals surface area contributed by atoms with Gasteiger partial charge in [0.2, 0.25) is 0 Å². The van der Waals surface area contributed by atoms with E-state index in [1.165, 1.54) is 16.0 Å². The van der Waals surface area contributed by atoms with Gasteiger partial charge in [-0.3, -0.25) is 11.3 Å². The predicted octanol–water partition coefficient (Wildman–Crippen LogP) is 4.12. The second-order valence-electron chi connectivity index (χ2n) is 5.24. The molecule has 0 amide bonds. The second-order valence-corrected chi connectivity index (χ2v) is 6.71. The number of nitrogens with two attached hydrogens (primary N) is 1. The fraction of sp³-hybridized carbons (Fsp3) is 0.294. The van der Waals surface area contributed by atoms with Crippen molar-refractivity contribution < 1.29 is 0 Å². The van der Waals surface area contributed by atoms with E-state index in [9.17, 15) is 0 Å². The fourth-order valence-corrected chi connectivity index (χ4v) is 3.54. The van der Waals surface area contributed by atoms with Gasteiger partial charge in [-0.25, -0.2) is 0 Å². The topological polar surface area (TPSA) is 38.0 Å². The second kappa shape index (κ2) is 7.85. The summed E-state index contributed by atoms with van der Waals surface area (Å²) in [7, 11) is 0. The number of nitrogens with one attached hydrogen (secondary N) is 1. The normalized spacial score (nSPS) is 12.4. The minimum absolute atomic E-state index is 0.190. The zero-order chi connectivity index (χ0) is 15.2. The first-order chi connectivity index (χ1) is 10.1. The van der Waals surface area contributed by atoms with Crippen LogP contribution in [0.2, 0.25) is 5.02 Å². The van der Waals surface area contributed by atoms with Crippen molar-refractivity contribution in [3.63, 3.8) is 0 Å². The van der Waals surface area contributed by atoms with Crippen molar-refractivity contribution in [1.29, 1.82) is 0 Å². The zero-order valence-corrected chi connectivity index (χ0v) is 14.0. The molecule has 4 heteroatoms. The third-order valence-electron chi connectivity index (χ3n) is 3.44. The lowest BCUT2D eigenvalue weighted by Gasteiger charge is -2.17. The maximum Gasteiger partial charge on any atom is 0.0441 e. The molecule has 0 radical (unpaired) electrons. The molecule has 2 aromatic rings. The van der Waals surface area contributed by atoms with Gasteiger partial charge >= 0.3 is 0 Å². The first-order valence-electron chi connectivity index (χ1n) is 6.99. The van der Waals surface area contributed by atoms with E-state index < -0.39 is 0 Å². The molecule has 0 aliphatic heterocycles. The van der Waals surface area contributed by atoms with Crippen molar-refractivity contribution in [1.82, 2.24) is 5.43 Å². The molecule has 3 N–H and O–H groups in total. The molecule has 0 heterocycles. The quantitative estimate of drug-likeness (QED) is 0.477. The molecule has 2 rings (SSSR count). The fourth-order valence-electron chi connectivity index (χ4n) is 2.16. The molecule has 0 saturated heterocycles. The predicted molar refractivity (Wildman–Crippen MR) is 92.9 cm³/mol. The Morgan fingerprint density at radius 2 is 1.95 bits per heavy atom. The van der Waals surface area contributed by atoms with E-state index in [0.717, 1.165) is 22.8 Å². The summed E-state index contributed by atoms with van der Waals surface area (Å²) in [6, 6.07) is 14.8. The Kier molecular flexibility index (Phi) is 6.12. The molecule has 0 aromatic heterocycles. The SMILES string of the molecule is Cc1ccc(CC(CSc2ccccc2C)NN)c(Cl)c1. The van der Waals surface area contributed by atoms with Gasteiger partial charge in [-0.05, 0) is 49.1 Å². The number of benzene rings is 2. The smallest absolute Gasteiger partial charge is 0.0441 e. The minimum Gasteiger partial charge on any atom is -0.271 e. The summed E-state index contributed by atoms with van der Waals surface area (Å²) < 4.78 is 0. The van der Waals surface area contributed by atoms with Crippen LogP contribution in [0, 0.1) is 13.8 Å². The number of hydrazine groups is 1. The summed E-state index contributed by atoms with van der Waals surface area (Å²) in [5.74, 6) is 6.60. The van der Waals surface area contributed by atoms with Gasteiger partial charge in [0.1, 0.15) is 0 Å². The van der Waals surface area contributed by atoms with Crippen molar-refractivity contribution in [3.05, 3.63) is 64.2 Å². The molecule has 0 aliphatic rings. The highest BCUT2D eigenvalue weighted by molar-refractivity contribution is 7.99. The monoisotopic (exact) mass is 320 g/mol. The number of hydrogen-bond acceptors (Lipinski definition) is 3. The summed E-state index contributed by atoms with van der Waals surface area (Å²) >= 11 is 8.12. The Bertz CT molecular complexity index is 601. The summed E-state index contributed by atoms with van der Waals surface area (Å²) in [5.41, 5.74) is 6.51. The minimum atomic E-state index is 0.190. The van der Waals surface area contributed by atoms with Crippen LogP contribution in [0.15, 0.2) is 47.4 Å². The Labute approximate surface area is 136 Å². The highest BCUT2D eigenvalue weighted by Gasteiger charge is 2.11. The van der Waals surface area contributed by atoms with Gasteiger partial charge < -0.3 is 0 Å². The van der Waals surface area contributed by atoms with Crippen LogP contribution in [-0.4, -0.2) is 11.8 Å². The lowest BCUT2D eigenvalue weighted by Crippen LogP contribution is -2.38. The first kappa shape index (κ1) is 16.4. The molecule has 0 fully saturated rings. The molecule has 0 saturated carbocycles. The van der Waals surface area contributed by atoms with Crippen LogP contribution < -0.4 is 11.3 Å². The third kappa shape index (κ3) is 4.75. The largest absolute Gasteiger partial charge is 0.271 e. The number of thioether (sulfide) groups is 1. The summed E-state index contributed by atoms with van der Waals surface area (Å²) in [4.78, 5) is 1.30. The van der Waals surface area contributed by atoms with Crippen LogP contribution >= 0.6 is 23.4 Å². The summed E-state index contributed by atoms with van der Waals surface area (Å²) in [6.07, 6.45) is 0.828. The molecule has 0 aliphatic carbocycles. The molecule has 0 spiro atoms. The Morgan fingerprint density at radius 3 is 2.62 bits per heavy atom. The number of aryl methyl sites for hydroxylation is 2. The van der Waals surface area contributed by atoms with Crippen LogP contribution in [0.25, 0.3) is 0 Å². The molecular formula is C17H21ClN2S. The molecule has 1 atom stereocenters. The van der Waals surface area contributed by atoms with Crippen LogP contribution in [0.4, 0.5) is 0 Å². The van der Waals surface area contributed by atoms with E-state index in [1.54, 1.807) is 0 Å². The van der Waals surface area contributed by atoms with Gasteiger partial charge in [0.15, 0.2) is 0 Å². The molecule has 21 heavy (non-hydrogen) atoms. The Morgan fingerprint density at radius 1 is 1.19 bits per heavy atom. The van der Waals surface area contributed by atoms with Gasteiger partial charge in [0.25, 0.3) is 0 Å². The van der Waals surface area contributed by atoms with Crippen LogP contribution in [0.1, 0.15) is 16.7 Å². The van der Waals surface area contributed by atoms with E-state index >= 15 is 0 Å². The lowest BCUT2D eigenvalue weighted by atomic mass is 10.1. The Hall–Kier alpha value is -1.00. The summed E-state index contributed by atoms with van der Waals surface area (Å²) in [6.45, 7) is 4.17. The van der Waals surface area contributed by atoms with Gasteiger partial charge in [0.05, 0.1) is 0 Å². The molecular weight excluding hydrogens is 300 g/mol. The lowest BCUT2D eigenvalue weighted by molar-refractivity contribution is 0.575. The average molecular weight is 321 g/mol. The zero-order valence-electron chi connectivity index (χ0n) is 12.4. The Balaban J connectivity index is 1.99. The maximum atomic E-state index is 6.30. The third-order valence-corrected chi connectivity index (χ3v) is 5.13. The standard InChI is InChI=1S/C17H21ClN2S/c1-12-7-8-14(16(18)9-12)10-15(20-19)11-21-17-6-4-3-5-13(17)2/h3-9,15,20H,10-11,19H2,1-2H3. The highest BCUT2D eigenvalue weighted by atomic mass is 35.5. The van der Waals surface area contributed by atoms with Crippen molar-refractivity contribution >= 4 is 23.4 Å². The molecule has 2 aromatic carbocycles. The molecule has 1 unspecified atom stereocenters. The molecule has 0 bridgehead atoms. The average Bonchev–Trinajstić information content (AvgIpc) is 2.47. The first-order valence-corrected chi connectivity index (χ1v) is 8.36. The number of halogens is 1. The van der Waals surface area contributed by atoms with Crippen molar-refractivity contribution in [2.75, 3.05) is 5.75 Å². The van der Waals surface area contributed by atoms with Crippen molar-refractivity contribution in [2.24, 2.45) is 5.84 Å². The van der Waals surface area contributed by atoms with Gasteiger partial charge in [-0.2, -0.15) is 0 Å². The molecule has 112 valence electrons. The number of rotatable bonds is 6. The highest BCUT2D eigenvalue weighted by Crippen LogP contribution is 2.24. The van der Waals surface area contributed by atoms with Crippen molar-refractivity contribution in [2.45, 2.75) is 31.2 Å². The van der Waals surface area contributed by atoms with E-state index in [2.05, 4.69) is 48.7 Å².